The van der Waals surface area contributed by atoms with E-state index in [2.05, 4.69) is 10.0 Å². The second-order valence-electron chi connectivity index (χ2n) is 5.70. The third kappa shape index (κ3) is 4.21. The normalized spacial score (nSPS) is 27.2. The van der Waals surface area contributed by atoms with Gasteiger partial charge in [-0.1, -0.05) is 19.3 Å². The van der Waals surface area contributed by atoms with Crippen molar-refractivity contribution in [1.82, 2.24) is 10.0 Å². The molecule has 1 atom stereocenters. The lowest BCUT2D eigenvalue weighted by atomic mass is 9.96. The zero-order chi connectivity index (χ0) is 12.8. The van der Waals surface area contributed by atoms with Gasteiger partial charge >= 0.3 is 0 Å². The lowest BCUT2D eigenvalue weighted by Gasteiger charge is -2.24. The summed E-state index contributed by atoms with van der Waals surface area (Å²) in [4.78, 5) is 0. The zero-order valence-electron chi connectivity index (χ0n) is 11.2. The highest BCUT2D eigenvalue weighted by Crippen LogP contribution is 2.23. The Hall–Kier alpha value is -0.130. The van der Waals surface area contributed by atoms with Crippen LogP contribution in [-0.4, -0.2) is 33.3 Å². The molecule has 2 rings (SSSR count). The molecule has 2 N–H and O–H groups in total. The molecule has 0 aromatic heterocycles. The van der Waals surface area contributed by atoms with Crippen LogP contribution in [0.25, 0.3) is 0 Å². The lowest BCUT2D eigenvalue weighted by Crippen LogP contribution is -2.38. The van der Waals surface area contributed by atoms with Crippen molar-refractivity contribution in [1.29, 1.82) is 0 Å². The number of hydrogen-bond donors (Lipinski definition) is 2. The fourth-order valence-electron chi connectivity index (χ4n) is 3.07. The van der Waals surface area contributed by atoms with Gasteiger partial charge in [0.05, 0.1) is 5.25 Å². The van der Waals surface area contributed by atoms with E-state index in [0.717, 1.165) is 45.2 Å². The molecule has 1 heterocycles. The number of hydrogen-bond acceptors (Lipinski definition) is 3. The average Bonchev–Trinajstić information content (AvgIpc) is 2.41. The van der Waals surface area contributed by atoms with E-state index in [-0.39, 0.29) is 5.25 Å². The summed E-state index contributed by atoms with van der Waals surface area (Å²) in [5.74, 6) is 0.646. The zero-order valence-corrected chi connectivity index (χ0v) is 12.0. The van der Waals surface area contributed by atoms with Gasteiger partial charge < -0.3 is 5.32 Å². The molecule has 1 aliphatic carbocycles. The van der Waals surface area contributed by atoms with Gasteiger partial charge in [0.15, 0.2) is 0 Å². The molecule has 0 amide bonds. The standard InChI is InChI=1S/C13H26N2O2S/c16-18(17,13-6-2-1-3-7-13)15-10-8-12-5-4-9-14-11-12/h12-15H,1-11H2/t12-/m0/s1. The minimum atomic E-state index is -3.05. The molecule has 1 aliphatic heterocycles. The Morgan fingerprint density at radius 1 is 1.06 bits per heavy atom. The van der Waals surface area contributed by atoms with Gasteiger partial charge in [0, 0.05) is 6.54 Å². The molecule has 0 spiro atoms. The summed E-state index contributed by atoms with van der Waals surface area (Å²) in [6.07, 6.45) is 8.45. The Labute approximate surface area is 111 Å². The fraction of sp³-hybridized carbons (Fsp3) is 1.00. The van der Waals surface area contributed by atoms with Crippen LogP contribution < -0.4 is 10.0 Å². The molecule has 1 saturated carbocycles. The second kappa shape index (κ2) is 6.87. The summed E-state index contributed by atoms with van der Waals surface area (Å²) in [5, 5.41) is 3.24. The summed E-state index contributed by atoms with van der Waals surface area (Å²) >= 11 is 0. The molecule has 2 fully saturated rings. The molecular weight excluding hydrogens is 248 g/mol. The smallest absolute Gasteiger partial charge is 0.214 e. The van der Waals surface area contributed by atoms with Crippen LogP contribution in [0.2, 0.25) is 0 Å². The predicted octanol–water partition coefficient (Wildman–Crippen LogP) is 1.63. The van der Waals surface area contributed by atoms with Crippen molar-refractivity contribution in [3.05, 3.63) is 0 Å². The van der Waals surface area contributed by atoms with Crippen LogP contribution in [0.5, 0.6) is 0 Å². The lowest BCUT2D eigenvalue weighted by molar-refractivity contribution is 0.357. The molecular formula is C13H26N2O2S. The number of piperidine rings is 1. The van der Waals surface area contributed by atoms with Gasteiger partial charge in [-0.15, -0.1) is 0 Å². The Morgan fingerprint density at radius 3 is 2.50 bits per heavy atom. The Balaban J connectivity index is 1.70. The van der Waals surface area contributed by atoms with Crippen LogP contribution in [0, 0.1) is 5.92 Å². The van der Waals surface area contributed by atoms with Crippen LogP contribution in [-0.2, 0) is 10.0 Å². The van der Waals surface area contributed by atoms with Crippen LogP contribution in [0.1, 0.15) is 51.4 Å². The summed E-state index contributed by atoms with van der Waals surface area (Å²) < 4.78 is 27.0. The van der Waals surface area contributed by atoms with Crippen LogP contribution >= 0.6 is 0 Å². The molecule has 2 aliphatic rings. The van der Waals surface area contributed by atoms with Crippen molar-refractivity contribution in [2.45, 2.75) is 56.6 Å². The molecule has 106 valence electrons. The SMILES string of the molecule is O=S(=O)(NCC[C@@H]1CCCNC1)C1CCCCC1. The van der Waals surface area contributed by atoms with E-state index >= 15 is 0 Å². The van der Waals surface area contributed by atoms with Crippen LogP contribution in [0.3, 0.4) is 0 Å². The number of rotatable bonds is 5. The van der Waals surface area contributed by atoms with E-state index in [0.29, 0.717) is 12.5 Å². The van der Waals surface area contributed by atoms with Gasteiger partial charge in [-0.3, -0.25) is 0 Å². The first-order valence-corrected chi connectivity index (χ1v) is 8.92. The van der Waals surface area contributed by atoms with Crippen molar-refractivity contribution in [3.8, 4) is 0 Å². The largest absolute Gasteiger partial charge is 0.316 e. The first-order valence-electron chi connectivity index (χ1n) is 7.38. The maximum Gasteiger partial charge on any atom is 0.214 e. The highest BCUT2D eigenvalue weighted by atomic mass is 32.2. The molecule has 0 radical (unpaired) electrons. The van der Waals surface area contributed by atoms with Crippen molar-refractivity contribution >= 4 is 10.0 Å². The van der Waals surface area contributed by atoms with E-state index in [4.69, 9.17) is 0 Å². The summed E-state index contributed by atoms with van der Waals surface area (Å²) in [6, 6.07) is 0. The van der Waals surface area contributed by atoms with Gasteiger partial charge in [-0.2, -0.15) is 0 Å². The fourth-order valence-corrected chi connectivity index (χ4v) is 4.66. The van der Waals surface area contributed by atoms with Gasteiger partial charge in [0.1, 0.15) is 0 Å². The molecule has 0 bridgehead atoms. The number of sulfonamides is 1. The van der Waals surface area contributed by atoms with Crippen molar-refractivity contribution < 1.29 is 8.42 Å². The van der Waals surface area contributed by atoms with E-state index in [1.165, 1.54) is 19.3 Å². The van der Waals surface area contributed by atoms with E-state index in [9.17, 15) is 8.42 Å². The topological polar surface area (TPSA) is 58.2 Å². The van der Waals surface area contributed by atoms with Crippen molar-refractivity contribution in [3.63, 3.8) is 0 Å². The Kier molecular flexibility index (Phi) is 5.45. The predicted molar refractivity (Wildman–Crippen MR) is 74.0 cm³/mol. The summed E-state index contributed by atoms with van der Waals surface area (Å²) in [6.45, 7) is 2.78. The van der Waals surface area contributed by atoms with Crippen molar-refractivity contribution in [2.75, 3.05) is 19.6 Å². The second-order valence-corrected chi connectivity index (χ2v) is 7.75. The Bertz CT molecular complexity index is 331. The van der Waals surface area contributed by atoms with Gasteiger partial charge in [0.2, 0.25) is 10.0 Å². The highest BCUT2D eigenvalue weighted by molar-refractivity contribution is 7.90. The third-order valence-corrected chi connectivity index (χ3v) is 6.20. The minimum Gasteiger partial charge on any atom is -0.316 e. The van der Waals surface area contributed by atoms with E-state index in [1.807, 2.05) is 0 Å². The molecule has 0 unspecified atom stereocenters. The minimum absolute atomic E-state index is 0.129. The molecule has 5 heteroatoms. The first kappa shape index (κ1) is 14.3. The molecule has 0 aromatic rings. The molecule has 4 nitrogen and oxygen atoms in total. The average molecular weight is 274 g/mol. The molecule has 1 saturated heterocycles. The van der Waals surface area contributed by atoms with Crippen molar-refractivity contribution in [2.24, 2.45) is 5.92 Å². The summed E-state index contributed by atoms with van der Waals surface area (Å²) in [5.41, 5.74) is 0. The monoisotopic (exact) mass is 274 g/mol. The third-order valence-electron chi connectivity index (χ3n) is 4.25. The van der Waals surface area contributed by atoms with Gasteiger partial charge in [-0.05, 0) is 51.1 Å². The maximum absolute atomic E-state index is 12.1. The first-order chi connectivity index (χ1) is 8.68. The maximum atomic E-state index is 12.1. The summed E-state index contributed by atoms with van der Waals surface area (Å²) in [7, 11) is -3.05. The van der Waals surface area contributed by atoms with Crippen LogP contribution in [0.4, 0.5) is 0 Å². The van der Waals surface area contributed by atoms with Crippen LogP contribution in [0.15, 0.2) is 0 Å². The van der Waals surface area contributed by atoms with Gasteiger partial charge in [0.25, 0.3) is 0 Å². The van der Waals surface area contributed by atoms with E-state index in [1.54, 1.807) is 0 Å². The van der Waals surface area contributed by atoms with E-state index < -0.39 is 10.0 Å². The number of nitrogens with one attached hydrogen (secondary N) is 2. The Morgan fingerprint density at radius 2 is 1.83 bits per heavy atom. The molecule has 18 heavy (non-hydrogen) atoms. The molecule has 0 aromatic carbocycles. The highest BCUT2D eigenvalue weighted by Gasteiger charge is 2.26. The quantitative estimate of drug-likeness (QED) is 0.801. The van der Waals surface area contributed by atoms with Gasteiger partial charge in [-0.25, -0.2) is 13.1 Å².